The van der Waals surface area contributed by atoms with E-state index in [0.717, 1.165) is 11.1 Å². The quantitative estimate of drug-likeness (QED) is 0.769. The van der Waals surface area contributed by atoms with Crippen molar-refractivity contribution in [3.8, 4) is 11.8 Å². The van der Waals surface area contributed by atoms with E-state index in [1.165, 1.54) is 6.33 Å². The van der Waals surface area contributed by atoms with Gasteiger partial charge in [0.1, 0.15) is 17.9 Å². The van der Waals surface area contributed by atoms with Crippen LogP contribution in [0.4, 0.5) is 0 Å². The van der Waals surface area contributed by atoms with E-state index >= 15 is 0 Å². The van der Waals surface area contributed by atoms with Crippen LogP contribution in [0.15, 0.2) is 54.9 Å². The zero-order valence-corrected chi connectivity index (χ0v) is 11.1. The molecule has 0 radical (unpaired) electrons. The molecule has 3 aromatic rings. The van der Waals surface area contributed by atoms with Crippen molar-refractivity contribution in [2.75, 3.05) is 0 Å². The summed E-state index contributed by atoms with van der Waals surface area (Å²) < 4.78 is 0. The summed E-state index contributed by atoms with van der Waals surface area (Å²) in [4.78, 5) is 4.24. The van der Waals surface area contributed by atoms with Crippen molar-refractivity contribution >= 4 is 0 Å². The van der Waals surface area contributed by atoms with Crippen LogP contribution in [-0.2, 0) is 0 Å². The summed E-state index contributed by atoms with van der Waals surface area (Å²) in [6.45, 7) is 0. The van der Waals surface area contributed by atoms with Crippen LogP contribution in [0.25, 0.3) is 0 Å². The molecule has 0 bridgehead atoms. The van der Waals surface area contributed by atoms with Crippen LogP contribution in [0.5, 0.6) is 5.75 Å². The van der Waals surface area contributed by atoms with Gasteiger partial charge in [0.2, 0.25) is 0 Å². The molecule has 0 aliphatic rings. The molecule has 0 saturated heterocycles. The Morgan fingerprint density at radius 3 is 2.14 bits per heavy atom. The molecule has 21 heavy (non-hydrogen) atoms. The number of rotatable bonds is 3. The van der Waals surface area contributed by atoms with Crippen molar-refractivity contribution in [2.45, 2.75) is 5.92 Å². The molecule has 0 fully saturated rings. The number of hydrogen-bond donors (Lipinski definition) is 2. The number of aromatic hydroxyl groups is 1. The minimum atomic E-state index is -0.124. The predicted molar refractivity (Wildman–Crippen MR) is 76.6 cm³/mol. The van der Waals surface area contributed by atoms with E-state index in [1.54, 1.807) is 24.3 Å². The second kappa shape index (κ2) is 5.47. The summed E-state index contributed by atoms with van der Waals surface area (Å²) in [5.74, 6) is 0.807. The number of H-pyrrole nitrogens is 1. The van der Waals surface area contributed by atoms with E-state index in [1.807, 2.05) is 24.3 Å². The zero-order valence-electron chi connectivity index (χ0n) is 11.1. The van der Waals surface area contributed by atoms with Gasteiger partial charge in [-0.25, -0.2) is 4.98 Å². The number of nitrogens with one attached hydrogen (secondary N) is 1. The number of phenolic OH excluding ortho intramolecular Hbond substituents is 1. The number of phenols is 1. The highest BCUT2D eigenvalue weighted by Gasteiger charge is 2.19. The maximum atomic E-state index is 9.44. The Balaban J connectivity index is 2.08. The molecule has 102 valence electrons. The Morgan fingerprint density at radius 2 is 1.62 bits per heavy atom. The van der Waals surface area contributed by atoms with Crippen LogP contribution in [0, 0.1) is 11.3 Å². The molecule has 5 nitrogen and oxygen atoms in total. The highest BCUT2D eigenvalue weighted by molar-refractivity contribution is 5.42. The number of aromatic nitrogens is 3. The molecule has 0 amide bonds. The molecule has 0 aliphatic carbocycles. The van der Waals surface area contributed by atoms with E-state index < -0.39 is 0 Å². The fourth-order valence-corrected chi connectivity index (χ4v) is 2.28. The third-order valence-corrected chi connectivity index (χ3v) is 3.31. The van der Waals surface area contributed by atoms with Gasteiger partial charge in [-0.05, 0) is 35.4 Å². The first kappa shape index (κ1) is 12.9. The summed E-state index contributed by atoms with van der Waals surface area (Å²) in [7, 11) is 0. The molecule has 1 heterocycles. The highest BCUT2D eigenvalue weighted by atomic mass is 16.3. The smallest absolute Gasteiger partial charge is 0.137 e. The lowest BCUT2D eigenvalue weighted by molar-refractivity contribution is 0.475. The fraction of sp³-hybridized carbons (Fsp3) is 0.0625. The molecule has 3 rings (SSSR count). The largest absolute Gasteiger partial charge is 0.508 e. The normalized spacial score (nSPS) is 11.8. The fourth-order valence-electron chi connectivity index (χ4n) is 2.28. The minimum absolute atomic E-state index is 0.124. The Labute approximate surface area is 121 Å². The number of aromatic amines is 1. The van der Waals surface area contributed by atoms with Crippen LogP contribution < -0.4 is 0 Å². The van der Waals surface area contributed by atoms with Gasteiger partial charge in [-0.2, -0.15) is 10.4 Å². The SMILES string of the molecule is N#Cc1ccc(C(c2ccc(O)cc2)c2ncn[nH]2)cc1. The Bertz CT molecular complexity index is 756. The lowest BCUT2D eigenvalue weighted by Gasteiger charge is -2.15. The summed E-state index contributed by atoms with van der Waals surface area (Å²) in [5.41, 5.74) is 2.59. The van der Waals surface area contributed by atoms with Crippen molar-refractivity contribution in [1.29, 1.82) is 5.26 Å². The maximum absolute atomic E-state index is 9.44. The van der Waals surface area contributed by atoms with Gasteiger partial charge in [0.15, 0.2) is 0 Å². The number of benzene rings is 2. The van der Waals surface area contributed by atoms with E-state index in [-0.39, 0.29) is 11.7 Å². The third-order valence-electron chi connectivity index (χ3n) is 3.31. The zero-order chi connectivity index (χ0) is 14.7. The minimum Gasteiger partial charge on any atom is -0.508 e. The van der Waals surface area contributed by atoms with E-state index in [0.29, 0.717) is 11.4 Å². The number of nitriles is 1. The molecule has 0 aliphatic heterocycles. The van der Waals surface area contributed by atoms with Crippen molar-refractivity contribution < 1.29 is 5.11 Å². The monoisotopic (exact) mass is 276 g/mol. The summed E-state index contributed by atoms with van der Waals surface area (Å²) in [6, 6.07) is 16.4. The molecule has 1 atom stereocenters. The molecule has 2 N–H and O–H groups in total. The molecule has 2 aromatic carbocycles. The summed E-state index contributed by atoms with van der Waals surface area (Å²) in [5, 5.41) is 25.1. The molecule has 5 heteroatoms. The average Bonchev–Trinajstić information content (AvgIpc) is 3.04. The van der Waals surface area contributed by atoms with E-state index in [4.69, 9.17) is 5.26 Å². The van der Waals surface area contributed by atoms with Crippen LogP contribution in [0.1, 0.15) is 28.4 Å². The Kier molecular flexibility index (Phi) is 3.36. The number of hydrogen-bond acceptors (Lipinski definition) is 4. The van der Waals surface area contributed by atoms with E-state index in [9.17, 15) is 5.11 Å². The Morgan fingerprint density at radius 1 is 1.00 bits per heavy atom. The van der Waals surface area contributed by atoms with Crippen molar-refractivity contribution in [1.82, 2.24) is 15.2 Å². The highest BCUT2D eigenvalue weighted by Crippen LogP contribution is 2.30. The first-order valence-electron chi connectivity index (χ1n) is 6.42. The van der Waals surface area contributed by atoms with E-state index in [2.05, 4.69) is 21.3 Å². The van der Waals surface area contributed by atoms with Crippen LogP contribution >= 0.6 is 0 Å². The van der Waals surface area contributed by atoms with Crippen molar-refractivity contribution in [2.24, 2.45) is 0 Å². The first-order valence-corrected chi connectivity index (χ1v) is 6.42. The molecule has 1 unspecified atom stereocenters. The molecule has 0 saturated carbocycles. The average molecular weight is 276 g/mol. The van der Waals surface area contributed by atoms with Gasteiger partial charge in [0.25, 0.3) is 0 Å². The predicted octanol–water partition coefficient (Wildman–Crippen LogP) is 2.56. The van der Waals surface area contributed by atoms with Gasteiger partial charge in [0.05, 0.1) is 17.6 Å². The number of nitrogens with zero attached hydrogens (tertiary/aromatic N) is 3. The summed E-state index contributed by atoms with van der Waals surface area (Å²) in [6.07, 6.45) is 1.46. The van der Waals surface area contributed by atoms with Crippen LogP contribution in [0.3, 0.4) is 0 Å². The third kappa shape index (κ3) is 2.60. The van der Waals surface area contributed by atoms with Crippen LogP contribution in [-0.4, -0.2) is 20.3 Å². The van der Waals surface area contributed by atoms with Gasteiger partial charge in [-0.3, -0.25) is 5.10 Å². The van der Waals surface area contributed by atoms with Crippen molar-refractivity contribution in [3.63, 3.8) is 0 Å². The maximum Gasteiger partial charge on any atom is 0.137 e. The summed E-state index contributed by atoms with van der Waals surface area (Å²) >= 11 is 0. The molecule has 1 aromatic heterocycles. The molecular formula is C16H12N4O. The van der Waals surface area contributed by atoms with Gasteiger partial charge < -0.3 is 5.11 Å². The second-order valence-corrected chi connectivity index (χ2v) is 4.63. The van der Waals surface area contributed by atoms with Gasteiger partial charge in [0, 0.05) is 0 Å². The second-order valence-electron chi connectivity index (χ2n) is 4.63. The van der Waals surface area contributed by atoms with Gasteiger partial charge in [-0.1, -0.05) is 24.3 Å². The lowest BCUT2D eigenvalue weighted by atomic mass is 9.90. The topological polar surface area (TPSA) is 85.6 Å². The van der Waals surface area contributed by atoms with Gasteiger partial charge in [-0.15, -0.1) is 0 Å². The molecule has 0 spiro atoms. The van der Waals surface area contributed by atoms with Gasteiger partial charge >= 0.3 is 0 Å². The van der Waals surface area contributed by atoms with Crippen molar-refractivity contribution in [3.05, 3.63) is 77.4 Å². The first-order chi connectivity index (χ1) is 10.3. The lowest BCUT2D eigenvalue weighted by Crippen LogP contribution is -2.05. The standard InChI is InChI=1S/C16H12N4O/c17-9-11-1-3-12(4-2-11)15(16-18-10-19-20-16)13-5-7-14(21)8-6-13/h1-8,10,15,21H,(H,18,19,20). The van der Waals surface area contributed by atoms with Crippen LogP contribution in [0.2, 0.25) is 0 Å². The Hall–Kier alpha value is -3.13. The molecular weight excluding hydrogens is 264 g/mol.